The van der Waals surface area contributed by atoms with Gasteiger partial charge in [0.2, 0.25) is 0 Å². The molecule has 1 rings (SSSR count). The van der Waals surface area contributed by atoms with Crippen LogP contribution < -0.4 is 0 Å². The molecule has 0 aromatic heterocycles. The second kappa shape index (κ2) is 7.16. The summed E-state index contributed by atoms with van der Waals surface area (Å²) in [7, 11) is 1.47. The van der Waals surface area contributed by atoms with Crippen LogP contribution in [0.1, 0.15) is 25.0 Å². The van der Waals surface area contributed by atoms with Crippen molar-refractivity contribution in [1.82, 2.24) is 0 Å². The van der Waals surface area contributed by atoms with E-state index in [4.69, 9.17) is 9.57 Å². The van der Waals surface area contributed by atoms with Gasteiger partial charge in [-0.15, -0.1) is 0 Å². The van der Waals surface area contributed by atoms with Crippen LogP contribution >= 0.6 is 15.9 Å². The van der Waals surface area contributed by atoms with Gasteiger partial charge < -0.3 is 9.57 Å². The summed E-state index contributed by atoms with van der Waals surface area (Å²) in [4.78, 5) is 16.4. The Morgan fingerprint density at radius 2 is 2.06 bits per heavy atom. The molecule has 0 N–H and O–H groups in total. The minimum atomic E-state index is -0.254. The van der Waals surface area contributed by atoms with Crippen LogP contribution in [-0.4, -0.2) is 23.8 Å². The molecule has 0 aliphatic heterocycles. The van der Waals surface area contributed by atoms with E-state index in [-0.39, 0.29) is 18.5 Å². The van der Waals surface area contributed by atoms with Crippen molar-refractivity contribution < 1.29 is 14.4 Å². The molecule has 0 spiro atoms. The Hall–Kier alpha value is -1.36. The highest BCUT2D eigenvalue weighted by molar-refractivity contribution is 9.18. The SMILES string of the molecule is CO/N=C(/Br)c1ccccc1CC(=O)OC(C)C. The number of rotatable bonds is 5. The number of oxime groups is 1. The quantitative estimate of drug-likeness (QED) is 0.477. The maximum atomic E-state index is 11.6. The molecule has 5 heteroatoms. The largest absolute Gasteiger partial charge is 0.463 e. The molecule has 0 saturated carbocycles. The van der Waals surface area contributed by atoms with E-state index in [0.717, 1.165) is 11.1 Å². The molecular weight excluding hydrogens is 298 g/mol. The maximum Gasteiger partial charge on any atom is 0.310 e. The minimum Gasteiger partial charge on any atom is -0.463 e. The predicted octanol–water partition coefficient (Wildman–Crippen LogP) is 2.88. The summed E-state index contributed by atoms with van der Waals surface area (Å²) in [5, 5.41) is 3.80. The summed E-state index contributed by atoms with van der Waals surface area (Å²) in [6, 6.07) is 7.47. The van der Waals surface area contributed by atoms with Gasteiger partial charge in [0, 0.05) is 5.56 Å². The van der Waals surface area contributed by atoms with Gasteiger partial charge in [0.05, 0.1) is 12.5 Å². The normalized spacial score (nSPS) is 11.5. The fourth-order valence-electron chi connectivity index (χ4n) is 1.47. The number of nitrogens with zero attached hydrogens (tertiary/aromatic N) is 1. The molecule has 0 aliphatic rings. The highest BCUT2D eigenvalue weighted by Crippen LogP contribution is 2.15. The molecule has 0 bridgehead atoms. The second-order valence-corrected chi connectivity index (χ2v) is 4.69. The van der Waals surface area contributed by atoms with Crippen LogP contribution in [0.4, 0.5) is 0 Å². The average molecular weight is 314 g/mol. The molecule has 18 heavy (non-hydrogen) atoms. The zero-order valence-corrected chi connectivity index (χ0v) is 12.2. The van der Waals surface area contributed by atoms with Crippen molar-refractivity contribution in [2.75, 3.05) is 7.11 Å². The summed E-state index contributed by atoms with van der Waals surface area (Å²) in [5.74, 6) is -0.254. The molecule has 0 radical (unpaired) electrons. The van der Waals surface area contributed by atoms with Crippen LogP contribution in [0.2, 0.25) is 0 Å². The molecule has 98 valence electrons. The van der Waals surface area contributed by atoms with E-state index < -0.39 is 0 Å². The molecule has 0 unspecified atom stereocenters. The molecule has 0 amide bonds. The van der Waals surface area contributed by atoms with Crippen LogP contribution in [0.5, 0.6) is 0 Å². The zero-order valence-electron chi connectivity index (χ0n) is 10.6. The molecule has 0 aliphatic carbocycles. The molecule has 0 saturated heterocycles. The van der Waals surface area contributed by atoms with Gasteiger partial charge in [-0.3, -0.25) is 4.79 Å². The number of carbonyl (C=O) groups excluding carboxylic acids is 1. The Bertz CT molecular complexity index is 444. The van der Waals surface area contributed by atoms with E-state index in [1.165, 1.54) is 7.11 Å². The topological polar surface area (TPSA) is 47.9 Å². The third-order valence-corrected chi connectivity index (χ3v) is 2.68. The van der Waals surface area contributed by atoms with E-state index in [1.807, 2.05) is 38.1 Å². The van der Waals surface area contributed by atoms with Crippen molar-refractivity contribution >= 4 is 26.5 Å². The van der Waals surface area contributed by atoms with E-state index in [2.05, 4.69) is 21.1 Å². The maximum absolute atomic E-state index is 11.6. The standard InChI is InChI=1S/C13H16BrNO3/c1-9(2)18-12(16)8-10-6-4-5-7-11(10)13(14)15-17-3/h4-7,9H,8H2,1-3H3/b15-13+. The Morgan fingerprint density at radius 1 is 1.39 bits per heavy atom. The summed E-state index contributed by atoms with van der Waals surface area (Å²) < 4.78 is 5.68. The van der Waals surface area contributed by atoms with Crippen molar-refractivity contribution in [3.05, 3.63) is 35.4 Å². The Morgan fingerprint density at radius 3 is 2.67 bits per heavy atom. The Kier molecular flexibility index (Phi) is 5.85. The first-order valence-electron chi connectivity index (χ1n) is 5.59. The fraction of sp³-hybridized carbons (Fsp3) is 0.385. The van der Waals surface area contributed by atoms with Gasteiger partial charge in [-0.1, -0.05) is 29.4 Å². The number of ether oxygens (including phenoxy) is 1. The highest BCUT2D eigenvalue weighted by Gasteiger charge is 2.12. The van der Waals surface area contributed by atoms with E-state index in [1.54, 1.807) is 0 Å². The van der Waals surface area contributed by atoms with Crippen LogP contribution in [0.15, 0.2) is 29.4 Å². The van der Waals surface area contributed by atoms with Gasteiger partial charge in [-0.25, -0.2) is 0 Å². The molecule has 0 heterocycles. The van der Waals surface area contributed by atoms with E-state index >= 15 is 0 Å². The van der Waals surface area contributed by atoms with E-state index in [0.29, 0.717) is 4.62 Å². The highest BCUT2D eigenvalue weighted by atomic mass is 79.9. The number of halogens is 1. The first-order chi connectivity index (χ1) is 8.54. The Balaban J connectivity index is 2.89. The summed E-state index contributed by atoms with van der Waals surface area (Å²) in [6.45, 7) is 3.65. The van der Waals surface area contributed by atoms with Gasteiger partial charge >= 0.3 is 5.97 Å². The first kappa shape index (κ1) is 14.7. The molecule has 1 aromatic carbocycles. The fourth-order valence-corrected chi connectivity index (χ4v) is 2.00. The minimum absolute atomic E-state index is 0.110. The van der Waals surface area contributed by atoms with Crippen molar-refractivity contribution in [1.29, 1.82) is 0 Å². The van der Waals surface area contributed by atoms with Crippen LogP contribution in [-0.2, 0) is 20.8 Å². The van der Waals surface area contributed by atoms with Crippen LogP contribution in [0, 0.1) is 0 Å². The number of esters is 1. The van der Waals surface area contributed by atoms with Gasteiger partial charge in [0.1, 0.15) is 7.11 Å². The Labute approximate surface area is 115 Å². The lowest BCUT2D eigenvalue weighted by molar-refractivity contribution is -0.146. The summed E-state index contributed by atoms with van der Waals surface area (Å²) >= 11 is 3.31. The van der Waals surface area contributed by atoms with Crippen molar-refractivity contribution in [3.63, 3.8) is 0 Å². The smallest absolute Gasteiger partial charge is 0.310 e. The van der Waals surface area contributed by atoms with Gasteiger partial charge in [0.15, 0.2) is 4.62 Å². The van der Waals surface area contributed by atoms with Crippen molar-refractivity contribution in [2.45, 2.75) is 26.4 Å². The van der Waals surface area contributed by atoms with Crippen molar-refractivity contribution in [2.24, 2.45) is 5.16 Å². The summed E-state index contributed by atoms with van der Waals surface area (Å²) in [6.07, 6.45) is 0.101. The van der Waals surface area contributed by atoms with Crippen LogP contribution in [0.25, 0.3) is 0 Å². The molecular formula is C13H16BrNO3. The van der Waals surface area contributed by atoms with Crippen molar-refractivity contribution in [3.8, 4) is 0 Å². The van der Waals surface area contributed by atoms with Gasteiger partial charge in [0.25, 0.3) is 0 Å². The molecule has 4 nitrogen and oxygen atoms in total. The lowest BCUT2D eigenvalue weighted by Gasteiger charge is -2.10. The number of hydrogen-bond donors (Lipinski definition) is 0. The monoisotopic (exact) mass is 313 g/mol. The average Bonchev–Trinajstić information content (AvgIpc) is 2.28. The molecule has 1 aromatic rings. The molecule has 0 atom stereocenters. The lowest BCUT2D eigenvalue weighted by atomic mass is 10.1. The van der Waals surface area contributed by atoms with Gasteiger partial charge in [-0.05, 0) is 35.3 Å². The summed E-state index contributed by atoms with van der Waals surface area (Å²) in [5.41, 5.74) is 1.66. The zero-order chi connectivity index (χ0) is 13.5. The third-order valence-electron chi connectivity index (χ3n) is 2.11. The number of benzene rings is 1. The van der Waals surface area contributed by atoms with Gasteiger partial charge in [-0.2, -0.15) is 0 Å². The number of hydrogen-bond acceptors (Lipinski definition) is 4. The predicted molar refractivity (Wildman–Crippen MR) is 73.8 cm³/mol. The third kappa shape index (κ3) is 4.49. The number of carbonyl (C=O) groups is 1. The lowest BCUT2D eigenvalue weighted by Crippen LogP contribution is -2.15. The second-order valence-electron chi connectivity index (χ2n) is 3.94. The van der Waals surface area contributed by atoms with E-state index in [9.17, 15) is 4.79 Å². The van der Waals surface area contributed by atoms with Crippen LogP contribution in [0.3, 0.4) is 0 Å². The molecule has 0 fully saturated rings. The first-order valence-corrected chi connectivity index (χ1v) is 6.38.